The van der Waals surface area contributed by atoms with Crippen LogP contribution >= 0.6 is 34.9 Å². The first kappa shape index (κ1) is 23.3. The number of benzene rings is 2. The highest BCUT2D eigenvalue weighted by molar-refractivity contribution is 8.19. The Labute approximate surface area is 212 Å². The number of rotatable bonds is 6. The topological polar surface area (TPSA) is 58.0 Å². The largest absolute Gasteiger partial charge is 0.497 e. The van der Waals surface area contributed by atoms with Crippen molar-refractivity contribution in [2.45, 2.75) is 38.5 Å². The van der Waals surface area contributed by atoms with Crippen LogP contribution in [0.25, 0.3) is 10.2 Å². The highest BCUT2D eigenvalue weighted by Gasteiger charge is 2.39. The van der Waals surface area contributed by atoms with E-state index in [1.165, 1.54) is 11.8 Å². The highest BCUT2D eigenvalue weighted by atomic mass is 32.2. The summed E-state index contributed by atoms with van der Waals surface area (Å²) in [5, 5.41) is 2.74. The number of aromatic nitrogens is 1. The zero-order valence-electron chi connectivity index (χ0n) is 19.6. The molecule has 3 aromatic rings. The van der Waals surface area contributed by atoms with Crippen LogP contribution in [0.5, 0.6) is 5.75 Å². The Morgan fingerprint density at radius 2 is 1.94 bits per heavy atom. The van der Waals surface area contributed by atoms with Crippen molar-refractivity contribution in [3.05, 3.63) is 51.3 Å². The minimum Gasteiger partial charge on any atom is -0.497 e. The predicted molar refractivity (Wildman–Crippen MR) is 145 cm³/mol. The summed E-state index contributed by atoms with van der Waals surface area (Å²) < 4.78 is 6.58. The molecule has 0 spiro atoms. The van der Waals surface area contributed by atoms with Gasteiger partial charge in [0, 0.05) is 24.1 Å². The first-order valence-corrected chi connectivity index (χ1v) is 13.8. The van der Waals surface area contributed by atoms with Crippen LogP contribution in [0.2, 0.25) is 0 Å². The second kappa shape index (κ2) is 9.64. The number of methoxy groups -OCH3 is 1. The van der Waals surface area contributed by atoms with E-state index in [4.69, 9.17) is 9.73 Å². The summed E-state index contributed by atoms with van der Waals surface area (Å²) in [7, 11) is 1.68. The zero-order valence-corrected chi connectivity index (χ0v) is 22.1. The van der Waals surface area contributed by atoms with Gasteiger partial charge in [0.1, 0.15) is 15.7 Å². The number of thioether (sulfide) groups is 2. The molecule has 6 nitrogen and oxygen atoms in total. The molecule has 0 N–H and O–H groups in total. The van der Waals surface area contributed by atoms with E-state index in [9.17, 15) is 4.79 Å². The molecule has 176 valence electrons. The maximum Gasteiger partial charge on any atom is 0.269 e. The Morgan fingerprint density at radius 1 is 1.09 bits per heavy atom. The smallest absolute Gasteiger partial charge is 0.269 e. The molecule has 1 fully saturated rings. The molecule has 0 bridgehead atoms. The van der Waals surface area contributed by atoms with E-state index >= 15 is 0 Å². The van der Waals surface area contributed by atoms with Crippen LogP contribution in [0.3, 0.4) is 0 Å². The monoisotopic (exact) mass is 510 g/mol. The van der Waals surface area contributed by atoms with Gasteiger partial charge in [-0.3, -0.25) is 9.69 Å². The lowest BCUT2D eigenvalue weighted by molar-refractivity contribution is -0.122. The van der Waals surface area contributed by atoms with Gasteiger partial charge in [0.25, 0.3) is 5.91 Å². The number of aryl methyl sites for hydroxylation is 1. The number of ether oxygens (including phenoxy) is 1. The van der Waals surface area contributed by atoms with Crippen LogP contribution in [0.1, 0.15) is 31.7 Å². The number of carbonyl (C=O) groups excluding carboxylic acids is 1. The second-order valence-electron chi connectivity index (χ2n) is 8.01. The maximum absolute atomic E-state index is 13.6. The first-order valence-electron chi connectivity index (χ1n) is 11.4. The number of amides is 1. The zero-order chi connectivity index (χ0) is 23.8. The Kier molecular flexibility index (Phi) is 6.59. The summed E-state index contributed by atoms with van der Waals surface area (Å²) in [6.07, 6.45) is 1.94. The van der Waals surface area contributed by atoms with E-state index in [0.29, 0.717) is 6.54 Å². The van der Waals surface area contributed by atoms with E-state index in [2.05, 4.69) is 35.9 Å². The summed E-state index contributed by atoms with van der Waals surface area (Å²) >= 11 is 4.80. The first-order chi connectivity index (χ1) is 16.5. The third-order valence-corrected chi connectivity index (χ3v) is 9.05. The summed E-state index contributed by atoms with van der Waals surface area (Å²) in [6.45, 7) is 7.68. The van der Waals surface area contributed by atoms with Crippen molar-refractivity contribution < 1.29 is 9.53 Å². The summed E-state index contributed by atoms with van der Waals surface area (Å²) in [4.78, 5) is 29.1. The number of anilines is 1. The second-order valence-corrected chi connectivity index (χ2v) is 11.2. The molecule has 0 saturated carbocycles. The number of carbonyl (C=O) groups is 1. The van der Waals surface area contributed by atoms with Crippen LogP contribution in [-0.2, 0) is 4.79 Å². The third-order valence-electron chi connectivity index (χ3n) is 5.72. The molecule has 0 atom stereocenters. The Hall–Kier alpha value is -2.49. The Morgan fingerprint density at radius 3 is 2.71 bits per heavy atom. The molecule has 2 aliphatic heterocycles. The van der Waals surface area contributed by atoms with Gasteiger partial charge in [-0.1, -0.05) is 25.1 Å². The number of fused-ring (bicyclic) bond motifs is 2. The Bertz CT molecular complexity index is 1330. The van der Waals surface area contributed by atoms with Gasteiger partial charge in [0.2, 0.25) is 0 Å². The standard InChI is InChI=1S/C25H26N4O2S3/c1-5-7-12-29-23(30)22(24-28(6-2)19-14-17(31-4)9-11-21(19)33-24)34-25(29)27-16-8-10-20-18(13-16)26-15(3)32-20/h8-11,13-14H,5-7,12H2,1-4H3/b24-22-,27-25?. The van der Waals surface area contributed by atoms with Crippen molar-refractivity contribution in [2.24, 2.45) is 4.99 Å². The molecule has 5 rings (SSSR count). The molecular weight excluding hydrogens is 485 g/mol. The van der Waals surface area contributed by atoms with E-state index in [1.807, 2.05) is 36.1 Å². The van der Waals surface area contributed by atoms with Gasteiger partial charge in [0.15, 0.2) is 5.17 Å². The van der Waals surface area contributed by atoms with Crippen LogP contribution in [0.15, 0.2) is 56.2 Å². The summed E-state index contributed by atoms with van der Waals surface area (Å²) in [5.74, 6) is 0.845. The summed E-state index contributed by atoms with van der Waals surface area (Å²) in [6, 6.07) is 12.1. The molecular formula is C25H26N4O2S3. The fourth-order valence-corrected chi connectivity index (χ4v) is 7.22. The number of unbranched alkanes of at least 4 members (excludes halogenated alkanes) is 1. The molecule has 34 heavy (non-hydrogen) atoms. The van der Waals surface area contributed by atoms with Gasteiger partial charge in [0.05, 0.1) is 33.7 Å². The van der Waals surface area contributed by atoms with Gasteiger partial charge in [-0.2, -0.15) is 0 Å². The minimum absolute atomic E-state index is 0.0310. The van der Waals surface area contributed by atoms with Gasteiger partial charge >= 0.3 is 0 Å². The average Bonchev–Trinajstić information content (AvgIpc) is 3.48. The van der Waals surface area contributed by atoms with Crippen molar-refractivity contribution >= 4 is 67.5 Å². The summed E-state index contributed by atoms with van der Waals surface area (Å²) in [5.41, 5.74) is 2.85. The van der Waals surface area contributed by atoms with Gasteiger partial charge in [-0.05, 0) is 62.4 Å². The lowest BCUT2D eigenvalue weighted by Crippen LogP contribution is -2.30. The highest BCUT2D eigenvalue weighted by Crippen LogP contribution is 2.51. The maximum atomic E-state index is 13.6. The molecule has 2 aromatic carbocycles. The lowest BCUT2D eigenvalue weighted by Gasteiger charge is -2.19. The molecule has 0 radical (unpaired) electrons. The predicted octanol–water partition coefficient (Wildman–Crippen LogP) is 6.78. The number of thiazole rings is 1. The average molecular weight is 511 g/mol. The minimum atomic E-state index is 0.0310. The van der Waals surface area contributed by atoms with E-state index in [-0.39, 0.29) is 5.91 Å². The van der Waals surface area contributed by atoms with Gasteiger partial charge in [-0.15, -0.1) is 11.3 Å². The quantitative estimate of drug-likeness (QED) is 0.341. The fraction of sp³-hybridized carbons (Fsp3) is 0.320. The molecule has 2 aliphatic rings. The van der Waals surface area contributed by atoms with Crippen LogP contribution in [0.4, 0.5) is 11.4 Å². The van der Waals surface area contributed by atoms with Crippen molar-refractivity contribution in [1.29, 1.82) is 0 Å². The number of aliphatic imine (C=N–C) groups is 1. The van der Waals surface area contributed by atoms with Crippen molar-refractivity contribution in [3.8, 4) is 5.75 Å². The molecule has 0 unspecified atom stereocenters. The number of hydrogen-bond donors (Lipinski definition) is 0. The lowest BCUT2D eigenvalue weighted by atomic mass is 10.2. The van der Waals surface area contributed by atoms with Gasteiger partial charge in [-0.25, -0.2) is 9.98 Å². The Balaban J connectivity index is 1.54. The van der Waals surface area contributed by atoms with E-state index in [1.54, 1.807) is 30.2 Å². The SMILES string of the molecule is CCCCN1C(=O)/C(=C2/Sc3ccc(OC)cc3N2CC)SC1=Nc1ccc2sc(C)nc2c1. The van der Waals surface area contributed by atoms with Crippen LogP contribution in [0, 0.1) is 6.92 Å². The fourth-order valence-electron chi connectivity index (χ4n) is 4.02. The van der Waals surface area contributed by atoms with E-state index in [0.717, 1.165) is 71.7 Å². The van der Waals surface area contributed by atoms with Crippen LogP contribution in [-0.4, -0.2) is 41.2 Å². The normalized spacial score (nSPS) is 19.1. The van der Waals surface area contributed by atoms with Gasteiger partial charge < -0.3 is 9.64 Å². The number of nitrogens with zero attached hydrogens (tertiary/aromatic N) is 4. The van der Waals surface area contributed by atoms with E-state index < -0.39 is 0 Å². The number of hydrogen-bond acceptors (Lipinski definition) is 8. The molecule has 1 saturated heterocycles. The van der Waals surface area contributed by atoms with Crippen molar-refractivity contribution in [2.75, 3.05) is 25.1 Å². The molecule has 3 heterocycles. The molecule has 1 amide bonds. The van der Waals surface area contributed by atoms with Crippen LogP contribution < -0.4 is 9.64 Å². The molecule has 9 heteroatoms. The third kappa shape index (κ3) is 4.21. The van der Waals surface area contributed by atoms with Crippen molar-refractivity contribution in [1.82, 2.24) is 9.88 Å². The van der Waals surface area contributed by atoms with Crippen molar-refractivity contribution in [3.63, 3.8) is 0 Å². The molecule has 0 aliphatic carbocycles. The number of amidine groups is 1. The molecule has 1 aromatic heterocycles.